The van der Waals surface area contributed by atoms with Gasteiger partial charge in [0.2, 0.25) is 0 Å². The van der Waals surface area contributed by atoms with Crippen LogP contribution < -0.4 is 5.32 Å². The van der Waals surface area contributed by atoms with E-state index >= 15 is 0 Å². The van der Waals surface area contributed by atoms with Gasteiger partial charge in [-0.2, -0.15) is 0 Å². The average molecular weight is 358 g/mol. The van der Waals surface area contributed by atoms with E-state index in [0.717, 1.165) is 33.1 Å². The van der Waals surface area contributed by atoms with Crippen molar-refractivity contribution in [3.05, 3.63) is 64.4 Å². The van der Waals surface area contributed by atoms with E-state index in [4.69, 9.17) is 0 Å². The van der Waals surface area contributed by atoms with Crippen molar-refractivity contribution < 1.29 is 0 Å². The van der Waals surface area contributed by atoms with Crippen molar-refractivity contribution in [3.63, 3.8) is 0 Å². The van der Waals surface area contributed by atoms with E-state index in [9.17, 15) is 0 Å². The predicted molar refractivity (Wildman–Crippen MR) is 90.1 cm³/mol. The number of aryl methyl sites for hydroxylation is 2. The van der Waals surface area contributed by atoms with E-state index in [1.165, 1.54) is 0 Å². The number of anilines is 1. The predicted octanol–water partition coefficient (Wildman–Crippen LogP) is 3.65. The maximum absolute atomic E-state index is 4.49. The van der Waals surface area contributed by atoms with Crippen LogP contribution in [0.15, 0.2) is 47.5 Å². The molecular formula is C16H16BrN5. The quantitative estimate of drug-likeness (QED) is 0.774. The first kappa shape index (κ1) is 14.7. The molecule has 0 spiro atoms. The Balaban J connectivity index is 1.70. The van der Waals surface area contributed by atoms with Crippen molar-refractivity contribution in [2.24, 2.45) is 0 Å². The van der Waals surface area contributed by atoms with Crippen LogP contribution in [0.25, 0.3) is 5.82 Å². The number of aromatic nitrogens is 4. The van der Waals surface area contributed by atoms with Gasteiger partial charge in [-0.15, -0.1) is 0 Å². The van der Waals surface area contributed by atoms with Crippen LogP contribution in [0.3, 0.4) is 0 Å². The summed E-state index contributed by atoms with van der Waals surface area (Å²) in [5.41, 5.74) is 2.21. The fourth-order valence-corrected chi connectivity index (χ4v) is 2.64. The van der Waals surface area contributed by atoms with E-state index in [0.29, 0.717) is 6.54 Å². The molecule has 0 saturated carbocycles. The molecule has 0 aliphatic heterocycles. The van der Waals surface area contributed by atoms with Crippen LogP contribution >= 0.6 is 15.9 Å². The number of hydrogen-bond acceptors (Lipinski definition) is 4. The molecule has 0 fully saturated rings. The summed E-state index contributed by atoms with van der Waals surface area (Å²) in [6.45, 7) is 4.67. The van der Waals surface area contributed by atoms with Gasteiger partial charge < -0.3 is 5.32 Å². The number of nitrogens with one attached hydrogen (secondary N) is 1. The zero-order valence-electron chi connectivity index (χ0n) is 12.4. The number of pyridine rings is 2. The summed E-state index contributed by atoms with van der Waals surface area (Å²) in [5, 5.41) is 3.33. The van der Waals surface area contributed by atoms with Gasteiger partial charge >= 0.3 is 0 Å². The lowest BCUT2D eigenvalue weighted by Crippen LogP contribution is -2.05. The minimum Gasteiger partial charge on any atom is -0.366 e. The lowest BCUT2D eigenvalue weighted by molar-refractivity contribution is 0.925. The lowest BCUT2D eigenvalue weighted by atomic mass is 10.2. The summed E-state index contributed by atoms with van der Waals surface area (Å²) >= 11 is 3.42. The molecule has 0 aromatic carbocycles. The molecule has 6 heteroatoms. The van der Waals surface area contributed by atoms with Crippen LogP contribution in [0.1, 0.15) is 17.0 Å². The van der Waals surface area contributed by atoms with E-state index < -0.39 is 0 Å². The Kier molecular flexibility index (Phi) is 4.20. The largest absolute Gasteiger partial charge is 0.366 e. The minimum atomic E-state index is 0.686. The van der Waals surface area contributed by atoms with Gasteiger partial charge in [-0.1, -0.05) is 6.07 Å². The van der Waals surface area contributed by atoms with Crippen LogP contribution in [-0.4, -0.2) is 19.5 Å². The highest BCUT2D eigenvalue weighted by atomic mass is 79.9. The molecule has 0 bridgehead atoms. The molecule has 3 rings (SSSR count). The maximum atomic E-state index is 4.49. The first-order valence-corrected chi connectivity index (χ1v) is 7.74. The monoisotopic (exact) mass is 357 g/mol. The van der Waals surface area contributed by atoms with Gasteiger partial charge in [0.15, 0.2) is 0 Å². The zero-order valence-corrected chi connectivity index (χ0v) is 14.0. The molecule has 3 aromatic rings. The zero-order chi connectivity index (χ0) is 15.5. The molecular weight excluding hydrogens is 342 g/mol. The van der Waals surface area contributed by atoms with Crippen molar-refractivity contribution in [3.8, 4) is 5.82 Å². The molecule has 3 aromatic heterocycles. The first-order chi connectivity index (χ1) is 10.6. The molecule has 1 N–H and O–H groups in total. The molecule has 3 heterocycles. The number of hydrogen-bond donors (Lipinski definition) is 1. The smallest absolute Gasteiger partial charge is 0.137 e. The Bertz CT molecular complexity index is 779. The Morgan fingerprint density at radius 3 is 2.64 bits per heavy atom. The van der Waals surface area contributed by atoms with Crippen molar-refractivity contribution in [1.29, 1.82) is 0 Å². The number of halogens is 1. The number of imidazole rings is 1. The summed E-state index contributed by atoms with van der Waals surface area (Å²) in [6, 6.07) is 6.09. The van der Waals surface area contributed by atoms with Crippen molar-refractivity contribution >= 4 is 21.7 Å². The van der Waals surface area contributed by atoms with Crippen LogP contribution in [-0.2, 0) is 6.54 Å². The standard InChI is InChI=1S/C16H16BrN5/c1-11-7-14(17)10-21-16(11)20-9-13-3-4-15(19-8-13)22-6-5-18-12(22)2/h3-8,10H,9H2,1-2H3,(H,20,21). The molecule has 112 valence electrons. The Labute approximate surface area is 137 Å². The summed E-state index contributed by atoms with van der Waals surface area (Å²) < 4.78 is 2.94. The van der Waals surface area contributed by atoms with Crippen LogP contribution in [0.5, 0.6) is 0 Å². The maximum Gasteiger partial charge on any atom is 0.137 e. The fraction of sp³-hybridized carbons (Fsp3) is 0.188. The van der Waals surface area contributed by atoms with E-state index in [2.05, 4.69) is 42.3 Å². The Morgan fingerprint density at radius 1 is 1.14 bits per heavy atom. The van der Waals surface area contributed by atoms with Crippen LogP contribution in [0.4, 0.5) is 5.82 Å². The molecule has 0 amide bonds. The van der Waals surface area contributed by atoms with Gasteiger partial charge in [0.05, 0.1) is 0 Å². The molecule has 0 radical (unpaired) electrons. The molecule has 0 atom stereocenters. The number of rotatable bonds is 4. The van der Waals surface area contributed by atoms with Crippen molar-refractivity contribution in [2.75, 3.05) is 5.32 Å². The highest BCUT2D eigenvalue weighted by Crippen LogP contribution is 2.17. The van der Waals surface area contributed by atoms with Crippen molar-refractivity contribution in [1.82, 2.24) is 19.5 Å². The van der Waals surface area contributed by atoms with Crippen LogP contribution in [0, 0.1) is 13.8 Å². The third kappa shape index (κ3) is 3.17. The molecule has 5 nitrogen and oxygen atoms in total. The Hall–Kier alpha value is -2.21. The van der Waals surface area contributed by atoms with Crippen LogP contribution in [0.2, 0.25) is 0 Å². The molecule has 0 unspecified atom stereocenters. The SMILES string of the molecule is Cc1cc(Br)cnc1NCc1ccc(-n2ccnc2C)nc1. The second-order valence-corrected chi connectivity index (χ2v) is 5.96. The summed E-state index contributed by atoms with van der Waals surface area (Å²) in [6.07, 6.45) is 7.34. The topological polar surface area (TPSA) is 55.6 Å². The normalized spacial score (nSPS) is 10.7. The van der Waals surface area contributed by atoms with E-state index in [1.54, 1.807) is 12.4 Å². The van der Waals surface area contributed by atoms with Gasteiger partial charge in [-0.05, 0) is 53.0 Å². The summed E-state index contributed by atoms with van der Waals surface area (Å²) in [7, 11) is 0. The van der Waals surface area contributed by atoms with Gasteiger partial charge in [0, 0.05) is 35.8 Å². The second-order valence-electron chi connectivity index (χ2n) is 5.04. The first-order valence-electron chi connectivity index (χ1n) is 6.95. The second kappa shape index (κ2) is 6.27. The third-order valence-corrected chi connectivity index (χ3v) is 3.82. The summed E-state index contributed by atoms with van der Waals surface area (Å²) in [5.74, 6) is 2.68. The highest BCUT2D eigenvalue weighted by Gasteiger charge is 2.03. The van der Waals surface area contributed by atoms with Gasteiger partial charge in [0.1, 0.15) is 17.5 Å². The summed E-state index contributed by atoms with van der Waals surface area (Å²) in [4.78, 5) is 13.1. The molecule has 0 aliphatic carbocycles. The highest BCUT2D eigenvalue weighted by molar-refractivity contribution is 9.10. The third-order valence-electron chi connectivity index (χ3n) is 3.39. The van der Waals surface area contributed by atoms with E-state index in [1.807, 2.05) is 42.9 Å². The van der Waals surface area contributed by atoms with Crippen molar-refractivity contribution in [2.45, 2.75) is 20.4 Å². The van der Waals surface area contributed by atoms with Gasteiger partial charge in [0.25, 0.3) is 0 Å². The molecule has 0 aliphatic rings. The average Bonchev–Trinajstić information content (AvgIpc) is 2.93. The van der Waals surface area contributed by atoms with Gasteiger partial charge in [-0.25, -0.2) is 15.0 Å². The fourth-order valence-electron chi connectivity index (χ4n) is 2.20. The number of nitrogens with zero attached hydrogens (tertiary/aromatic N) is 4. The minimum absolute atomic E-state index is 0.686. The molecule has 0 saturated heterocycles. The van der Waals surface area contributed by atoms with E-state index in [-0.39, 0.29) is 0 Å². The van der Waals surface area contributed by atoms with Gasteiger partial charge in [-0.3, -0.25) is 4.57 Å². The lowest BCUT2D eigenvalue weighted by Gasteiger charge is -2.09. The molecule has 22 heavy (non-hydrogen) atoms. The Morgan fingerprint density at radius 2 is 2.00 bits per heavy atom.